The number of aliphatic hydroxyl groups excluding tert-OH is 1. The van der Waals surface area contributed by atoms with Crippen LogP contribution in [0.3, 0.4) is 0 Å². The van der Waals surface area contributed by atoms with Crippen molar-refractivity contribution in [3.8, 4) is 0 Å². The van der Waals surface area contributed by atoms with E-state index < -0.39 is 0 Å². The zero-order valence-corrected chi connectivity index (χ0v) is 10.4. The average Bonchev–Trinajstić information content (AvgIpc) is 2.30. The van der Waals surface area contributed by atoms with Gasteiger partial charge < -0.3 is 10.4 Å². The number of carbonyl (C=O) groups is 1. The first-order chi connectivity index (χ1) is 7.67. The molecule has 0 saturated carbocycles. The number of amides is 1. The first-order valence-corrected chi connectivity index (χ1v) is 5.90. The number of unbranched alkanes of at least 4 members (excludes halogenated alkanes) is 1. The highest BCUT2D eigenvalue weighted by molar-refractivity contribution is 5.81. The van der Waals surface area contributed by atoms with E-state index in [1.807, 2.05) is 11.8 Å². The van der Waals surface area contributed by atoms with Crippen molar-refractivity contribution in [1.82, 2.24) is 10.2 Å². The zero-order valence-electron chi connectivity index (χ0n) is 10.4. The molecule has 0 saturated heterocycles. The van der Waals surface area contributed by atoms with Gasteiger partial charge in [-0.2, -0.15) is 0 Å². The molecule has 1 unspecified atom stereocenters. The topological polar surface area (TPSA) is 52.6 Å². The number of nitrogens with one attached hydrogen (secondary N) is 1. The van der Waals surface area contributed by atoms with Gasteiger partial charge in [0.25, 0.3) is 0 Å². The van der Waals surface area contributed by atoms with E-state index in [-0.39, 0.29) is 18.6 Å². The second-order valence-corrected chi connectivity index (χ2v) is 3.82. The van der Waals surface area contributed by atoms with Crippen molar-refractivity contribution in [1.29, 1.82) is 0 Å². The monoisotopic (exact) mass is 228 g/mol. The average molecular weight is 228 g/mol. The number of hydrogen-bond donors (Lipinski definition) is 2. The third kappa shape index (κ3) is 5.88. The van der Waals surface area contributed by atoms with Crippen molar-refractivity contribution in [2.45, 2.75) is 32.7 Å². The molecule has 0 aromatic rings. The van der Waals surface area contributed by atoms with Crippen LogP contribution in [0.15, 0.2) is 12.7 Å². The van der Waals surface area contributed by atoms with Crippen molar-refractivity contribution < 1.29 is 9.90 Å². The summed E-state index contributed by atoms with van der Waals surface area (Å²) in [6.45, 7) is 9.50. The molecule has 0 aliphatic heterocycles. The predicted octanol–water partition coefficient (Wildman–Crippen LogP) is 0.771. The van der Waals surface area contributed by atoms with Crippen LogP contribution in [0.4, 0.5) is 0 Å². The fourth-order valence-electron chi connectivity index (χ4n) is 1.48. The van der Waals surface area contributed by atoms with E-state index in [4.69, 9.17) is 5.11 Å². The molecule has 0 heterocycles. The molecule has 0 aliphatic carbocycles. The third-order valence-electron chi connectivity index (χ3n) is 2.53. The summed E-state index contributed by atoms with van der Waals surface area (Å²) >= 11 is 0. The standard InChI is InChI=1S/C12H24N2O2/c1-4-6-8-14(9-10-15)11(3)12(16)13-7-5-2/h5,11,15H,2,4,6-10H2,1,3H3,(H,13,16). The van der Waals surface area contributed by atoms with Gasteiger partial charge in [-0.25, -0.2) is 0 Å². The maximum absolute atomic E-state index is 11.7. The van der Waals surface area contributed by atoms with Gasteiger partial charge in [0, 0.05) is 13.1 Å². The lowest BCUT2D eigenvalue weighted by Gasteiger charge is -2.27. The number of hydrogen-bond acceptors (Lipinski definition) is 3. The van der Waals surface area contributed by atoms with Crippen LogP contribution in [0.2, 0.25) is 0 Å². The van der Waals surface area contributed by atoms with E-state index in [0.29, 0.717) is 13.1 Å². The number of aliphatic hydroxyl groups is 1. The summed E-state index contributed by atoms with van der Waals surface area (Å²) in [6.07, 6.45) is 3.79. The quantitative estimate of drug-likeness (QED) is 0.573. The van der Waals surface area contributed by atoms with Crippen molar-refractivity contribution >= 4 is 5.91 Å². The van der Waals surface area contributed by atoms with Gasteiger partial charge >= 0.3 is 0 Å². The Bertz CT molecular complexity index is 207. The minimum atomic E-state index is -0.196. The summed E-state index contributed by atoms with van der Waals surface area (Å²) in [7, 11) is 0. The van der Waals surface area contributed by atoms with Crippen LogP contribution in [0.5, 0.6) is 0 Å². The smallest absolute Gasteiger partial charge is 0.237 e. The summed E-state index contributed by atoms with van der Waals surface area (Å²) in [6, 6.07) is -0.196. The minimum absolute atomic E-state index is 0.00977. The van der Waals surface area contributed by atoms with Crippen LogP contribution < -0.4 is 5.32 Å². The molecular formula is C12H24N2O2. The van der Waals surface area contributed by atoms with Crippen LogP contribution in [-0.4, -0.2) is 48.2 Å². The van der Waals surface area contributed by atoms with Gasteiger partial charge in [-0.1, -0.05) is 19.4 Å². The van der Waals surface area contributed by atoms with Crippen molar-refractivity contribution in [3.05, 3.63) is 12.7 Å². The second kappa shape index (κ2) is 9.36. The molecule has 1 atom stereocenters. The lowest BCUT2D eigenvalue weighted by molar-refractivity contribution is -0.125. The Morgan fingerprint density at radius 2 is 2.25 bits per heavy atom. The van der Waals surface area contributed by atoms with Gasteiger partial charge in [0.05, 0.1) is 12.6 Å². The van der Waals surface area contributed by atoms with Crippen molar-refractivity contribution in [3.63, 3.8) is 0 Å². The number of rotatable bonds is 9. The molecule has 0 aromatic heterocycles. The normalized spacial score (nSPS) is 12.5. The summed E-state index contributed by atoms with van der Waals surface area (Å²) in [5.41, 5.74) is 0. The SMILES string of the molecule is C=CCNC(=O)C(C)N(CCO)CCCC. The number of carbonyl (C=O) groups excluding carboxylic acids is 1. The number of nitrogens with zero attached hydrogens (tertiary/aromatic N) is 1. The van der Waals surface area contributed by atoms with E-state index >= 15 is 0 Å². The summed E-state index contributed by atoms with van der Waals surface area (Å²) < 4.78 is 0. The molecule has 0 spiro atoms. The van der Waals surface area contributed by atoms with E-state index in [2.05, 4.69) is 18.8 Å². The fraction of sp³-hybridized carbons (Fsp3) is 0.750. The lowest BCUT2D eigenvalue weighted by atomic mass is 10.2. The molecule has 0 aliphatic rings. The summed E-state index contributed by atoms with van der Waals surface area (Å²) in [5.74, 6) is -0.00977. The van der Waals surface area contributed by atoms with E-state index in [0.717, 1.165) is 19.4 Å². The molecule has 1 amide bonds. The molecule has 4 nitrogen and oxygen atoms in total. The Labute approximate surface area is 98.3 Å². The van der Waals surface area contributed by atoms with Crippen LogP contribution in [0, 0.1) is 0 Å². The van der Waals surface area contributed by atoms with Gasteiger partial charge in [-0.15, -0.1) is 6.58 Å². The molecule has 0 bridgehead atoms. The predicted molar refractivity (Wildman–Crippen MR) is 66.2 cm³/mol. The van der Waals surface area contributed by atoms with E-state index in [1.54, 1.807) is 6.08 Å². The van der Waals surface area contributed by atoms with Crippen LogP contribution in [-0.2, 0) is 4.79 Å². The summed E-state index contributed by atoms with van der Waals surface area (Å²) in [5, 5.41) is 11.7. The molecule has 0 rings (SSSR count). The largest absolute Gasteiger partial charge is 0.395 e. The Hall–Kier alpha value is -0.870. The zero-order chi connectivity index (χ0) is 12.4. The Kier molecular flexibility index (Phi) is 8.85. The highest BCUT2D eigenvalue weighted by Crippen LogP contribution is 2.02. The molecular weight excluding hydrogens is 204 g/mol. The molecule has 0 radical (unpaired) electrons. The van der Waals surface area contributed by atoms with Crippen LogP contribution in [0.25, 0.3) is 0 Å². The van der Waals surface area contributed by atoms with Gasteiger partial charge in [0.1, 0.15) is 0 Å². The van der Waals surface area contributed by atoms with Gasteiger partial charge in [0.2, 0.25) is 5.91 Å². The molecule has 2 N–H and O–H groups in total. The Balaban J connectivity index is 4.16. The van der Waals surface area contributed by atoms with E-state index in [1.165, 1.54) is 0 Å². The summed E-state index contributed by atoms with van der Waals surface area (Å²) in [4.78, 5) is 13.7. The van der Waals surface area contributed by atoms with Gasteiger partial charge in [-0.3, -0.25) is 9.69 Å². The first-order valence-electron chi connectivity index (χ1n) is 5.90. The van der Waals surface area contributed by atoms with Gasteiger partial charge in [-0.05, 0) is 19.9 Å². The molecule has 4 heteroatoms. The highest BCUT2D eigenvalue weighted by Gasteiger charge is 2.19. The van der Waals surface area contributed by atoms with Gasteiger partial charge in [0.15, 0.2) is 0 Å². The van der Waals surface area contributed by atoms with Crippen molar-refractivity contribution in [2.24, 2.45) is 0 Å². The maximum atomic E-state index is 11.7. The fourth-order valence-corrected chi connectivity index (χ4v) is 1.48. The molecule has 0 aromatic carbocycles. The third-order valence-corrected chi connectivity index (χ3v) is 2.53. The minimum Gasteiger partial charge on any atom is -0.395 e. The molecule has 0 fully saturated rings. The maximum Gasteiger partial charge on any atom is 0.237 e. The lowest BCUT2D eigenvalue weighted by Crippen LogP contribution is -2.46. The van der Waals surface area contributed by atoms with Crippen LogP contribution >= 0.6 is 0 Å². The van der Waals surface area contributed by atoms with Crippen molar-refractivity contribution in [2.75, 3.05) is 26.2 Å². The van der Waals surface area contributed by atoms with Crippen LogP contribution in [0.1, 0.15) is 26.7 Å². The second-order valence-electron chi connectivity index (χ2n) is 3.82. The molecule has 94 valence electrons. The molecule has 16 heavy (non-hydrogen) atoms. The highest BCUT2D eigenvalue weighted by atomic mass is 16.3. The Morgan fingerprint density at radius 1 is 1.56 bits per heavy atom. The van der Waals surface area contributed by atoms with E-state index in [9.17, 15) is 4.79 Å². The first kappa shape index (κ1) is 15.1. The Morgan fingerprint density at radius 3 is 2.75 bits per heavy atom.